The Morgan fingerprint density at radius 3 is 2.78 bits per heavy atom. The molecule has 0 saturated carbocycles. The van der Waals surface area contributed by atoms with Crippen LogP contribution in [0.4, 0.5) is 20.6 Å². The monoisotopic (exact) mass is 379 g/mol. The van der Waals surface area contributed by atoms with E-state index in [1.807, 2.05) is 4.90 Å². The van der Waals surface area contributed by atoms with Gasteiger partial charge in [0.05, 0.1) is 17.3 Å². The number of pyridine rings is 1. The quantitative estimate of drug-likeness (QED) is 0.493. The Bertz CT molecular complexity index is 1000. The van der Waals surface area contributed by atoms with Crippen molar-refractivity contribution in [3.8, 4) is 11.5 Å². The summed E-state index contributed by atoms with van der Waals surface area (Å²) in [5, 5.41) is 13.5. The number of carbonyl (C=O) groups is 1. The van der Waals surface area contributed by atoms with Crippen LogP contribution in [0, 0.1) is 5.82 Å². The summed E-state index contributed by atoms with van der Waals surface area (Å²) in [4.78, 5) is 25.5. The normalized spacial score (nSPS) is 16.4. The lowest BCUT2D eigenvalue weighted by Crippen LogP contribution is -2.45. The molecule has 0 atom stereocenters. The first-order valence-electron chi connectivity index (χ1n) is 8.31. The van der Waals surface area contributed by atoms with Crippen molar-refractivity contribution in [1.29, 1.82) is 0 Å². The van der Waals surface area contributed by atoms with E-state index in [1.165, 1.54) is 10.9 Å². The van der Waals surface area contributed by atoms with E-state index in [1.54, 1.807) is 12.1 Å². The lowest BCUT2D eigenvalue weighted by atomic mass is 10.1. The Morgan fingerprint density at radius 2 is 2.11 bits per heavy atom. The zero-order valence-electron chi connectivity index (χ0n) is 14.5. The molecule has 0 unspecified atom stereocenters. The van der Waals surface area contributed by atoms with E-state index in [4.69, 9.17) is 15.6 Å². The van der Waals surface area contributed by atoms with Crippen LogP contribution in [0.15, 0.2) is 11.0 Å². The molecular formula is C16H18FN5O5. The summed E-state index contributed by atoms with van der Waals surface area (Å²) >= 11 is 0. The van der Waals surface area contributed by atoms with Gasteiger partial charge in [0.15, 0.2) is 18.3 Å². The Balaban J connectivity index is 2.07. The molecule has 4 N–H and O–H groups in total. The van der Waals surface area contributed by atoms with Crippen molar-refractivity contribution in [2.24, 2.45) is 0 Å². The number of hydrogen-bond donors (Lipinski definition) is 3. The molecule has 0 bridgehead atoms. The average Bonchev–Trinajstić information content (AvgIpc) is 2.64. The molecule has 2 aliphatic rings. The molecule has 0 aliphatic carbocycles. The van der Waals surface area contributed by atoms with Crippen molar-refractivity contribution in [3.05, 3.63) is 22.2 Å². The molecule has 144 valence electrons. The zero-order valence-corrected chi connectivity index (χ0v) is 14.5. The van der Waals surface area contributed by atoms with Gasteiger partial charge in [-0.1, -0.05) is 0 Å². The number of benzene rings is 1. The first kappa shape index (κ1) is 17.2. The third-order valence-corrected chi connectivity index (χ3v) is 4.69. The number of carboxylic acid groups (broad SMARTS) is 1. The van der Waals surface area contributed by atoms with E-state index < -0.39 is 23.2 Å². The molecular weight excluding hydrogens is 361 g/mol. The van der Waals surface area contributed by atoms with Crippen molar-refractivity contribution in [2.45, 2.75) is 0 Å². The lowest BCUT2D eigenvalue weighted by Gasteiger charge is -2.36. The largest absolute Gasteiger partial charge is 0.511 e. The van der Waals surface area contributed by atoms with Gasteiger partial charge in [0.25, 0.3) is 0 Å². The highest BCUT2D eigenvalue weighted by Crippen LogP contribution is 2.43. The van der Waals surface area contributed by atoms with E-state index in [-0.39, 0.29) is 34.8 Å². The summed E-state index contributed by atoms with van der Waals surface area (Å²) in [7, 11) is 1.67. The van der Waals surface area contributed by atoms with Crippen LogP contribution in [-0.4, -0.2) is 55.9 Å². The van der Waals surface area contributed by atoms with Crippen molar-refractivity contribution >= 4 is 28.4 Å². The van der Waals surface area contributed by atoms with Crippen LogP contribution in [0.25, 0.3) is 10.9 Å². The van der Waals surface area contributed by atoms with Gasteiger partial charge in [0, 0.05) is 33.2 Å². The molecule has 2 aliphatic heterocycles. The second kappa shape index (κ2) is 6.20. The molecule has 0 radical (unpaired) electrons. The summed E-state index contributed by atoms with van der Waals surface area (Å²) in [6.07, 6.45) is -0.408. The van der Waals surface area contributed by atoms with Crippen molar-refractivity contribution in [2.75, 3.05) is 55.6 Å². The highest BCUT2D eigenvalue weighted by atomic mass is 19.1. The molecule has 1 aromatic carbocycles. The first-order chi connectivity index (χ1) is 12.9. The lowest BCUT2D eigenvalue weighted by molar-refractivity contribution is 0.143. The van der Waals surface area contributed by atoms with Gasteiger partial charge in [-0.25, -0.2) is 9.18 Å². The first-order valence-corrected chi connectivity index (χ1v) is 8.31. The molecule has 0 spiro atoms. The Hall–Kier alpha value is -3.21. The Kier molecular flexibility index (Phi) is 3.95. The van der Waals surface area contributed by atoms with Gasteiger partial charge in [-0.15, -0.1) is 0 Å². The number of hydrogen-bond acceptors (Lipinski definition) is 8. The number of aromatic nitrogens is 1. The molecule has 27 heavy (non-hydrogen) atoms. The number of rotatable bonds is 2. The van der Waals surface area contributed by atoms with Crippen LogP contribution >= 0.6 is 0 Å². The minimum absolute atomic E-state index is 0.0694. The third-order valence-electron chi connectivity index (χ3n) is 4.69. The van der Waals surface area contributed by atoms with Gasteiger partial charge in [-0.05, 0) is 0 Å². The summed E-state index contributed by atoms with van der Waals surface area (Å²) in [5.74, 6) is -1.02. The second-order valence-corrected chi connectivity index (χ2v) is 6.33. The standard InChI is InChI=1S/C16H18FN5O5/c1-20-7-26-15-12-9(14(23)8(6-22(12)20)27-16(24)25)11(18)10(17)13(15)21-4-2-19-3-5-21/h6,19H,2-5,7,18H2,1H3,(H,24,25). The Labute approximate surface area is 152 Å². The molecule has 11 heteroatoms. The Morgan fingerprint density at radius 1 is 1.41 bits per heavy atom. The van der Waals surface area contributed by atoms with Gasteiger partial charge >= 0.3 is 6.16 Å². The van der Waals surface area contributed by atoms with Crippen LogP contribution in [0.5, 0.6) is 11.5 Å². The highest BCUT2D eigenvalue weighted by molar-refractivity contribution is 6.01. The molecule has 10 nitrogen and oxygen atoms in total. The van der Waals surface area contributed by atoms with E-state index in [0.29, 0.717) is 26.2 Å². The summed E-state index contributed by atoms with van der Waals surface area (Å²) in [6, 6.07) is 0. The molecule has 2 aromatic rings. The molecule has 3 heterocycles. The SMILES string of the molecule is CN1COc2c(N3CCNCC3)c(F)c(N)c3c(=O)c(OC(=O)O)cn1c23. The van der Waals surface area contributed by atoms with Crippen LogP contribution < -0.4 is 35.9 Å². The number of piperazine rings is 1. The number of nitrogens with two attached hydrogens (primary N) is 1. The third kappa shape index (κ3) is 2.58. The second-order valence-electron chi connectivity index (χ2n) is 6.33. The fourth-order valence-corrected chi connectivity index (χ4v) is 3.46. The smallest absolute Gasteiger partial charge is 0.467 e. The zero-order chi connectivity index (χ0) is 19.3. The van der Waals surface area contributed by atoms with E-state index in [9.17, 15) is 9.59 Å². The molecule has 0 amide bonds. The fourth-order valence-electron chi connectivity index (χ4n) is 3.46. The van der Waals surface area contributed by atoms with Gasteiger partial charge in [-0.3, -0.25) is 14.5 Å². The predicted octanol–water partition coefficient (Wildman–Crippen LogP) is 0.107. The van der Waals surface area contributed by atoms with E-state index in [0.717, 1.165) is 0 Å². The number of nitrogens with zero attached hydrogens (tertiary/aromatic N) is 3. The minimum atomic E-state index is -1.65. The summed E-state index contributed by atoms with van der Waals surface area (Å²) in [5.41, 5.74) is 5.28. The van der Waals surface area contributed by atoms with Gasteiger partial charge in [0.1, 0.15) is 11.2 Å². The average molecular weight is 379 g/mol. The van der Waals surface area contributed by atoms with Gasteiger partial charge < -0.3 is 30.5 Å². The van der Waals surface area contributed by atoms with Crippen LogP contribution in [0.1, 0.15) is 0 Å². The molecule has 4 rings (SSSR count). The summed E-state index contributed by atoms with van der Waals surface area (Å²) in [6.45, 7) is 2.53. The number of nitrogen functional groups attached to an aromatic ring is 1. The van der Waals surface area contributed by atoms with Crippen molar-refractivity contribution in [1.82, 2.24) is 9.99 Å². The summed E-state index contributed by atoms with van der Waals surface area (Å²) < 4.78 is 27.0. The number of ether oxygens (including phenoxy) is 2. The van der Waals surface area contributed by atoms with Crippen LogP contribution in [0.2, 0.25) is 0 Å². The van der Waals surface area contributed by atoms with Crippen molar-refractivity contribution in [3.63, 3.8) is 0 Å². The molecule has 1 fully saturated rings. The van der Waals surface area contributed by atoms with E-state index >= 15 is 4.39 Å². The maximum absolute atomic E-state index is 15.2. The van der Waals surface area contributed by atoms with Crippen molar-refractivity contribution < 1.29 is 23.8 Å². The van der Waals surface area contributed by atoms with Crippen LogP contribution in [-0.2, 0) is 0 Å². The van der Waals surface area contributed by atoms with Crippen LogP contribution in [0.3, 0.4) is 0 Å². The topological polar surface area (TPSA) is 122 Å². The fraction of sp³-hybridized carbons (Fsp3) is 0.375. The van der Waals surface area contributed by atoms with E-state index in [2.05, 4.69) is 10.1 Å². The number of anilines is 2. The molecule has 1 saturated heterocycles. The highest BCUT2D eigenvalue weighted by Gasteiger charge is 2.32. The number of nitrogens with one attached hydrogen (secondary N) is 1. The van der Waals surface area contributed by atoms with Gasteiger partial charge in [0.2, 0.25) is 11.2 Å². The predicted molar refractivity (Wildman–Crippen MR) is 95.9 cm³/mol. The van der Waals surface area contributed by atoms with Gasteiger partial charge in [-0.2, -0.15) is 0 Å². The maximum atomic E-state index is 15.2. The molecule has 1 aromatic heterocycles. The number of halogens is 1. The maximum Gasteiger partial charge on any atom is 0.511 e. The minimum Gasteiger partial charge on any atom is -0.467 e.